The molecule has 6 nitrogen and oxygen atoms in total. The quantitative estimate of drug-likeness (QED) is 0.628. The Morgan fingerprint density at radius 2 is 1.77 bits per heavy atom. The summed E-state index contributed by atoms with van der Waals surface area (Å²) in [6.07, 6.45) is -4.49. The highest BCUT2D eigenvalue weighted by Gasteiger charge is 2.30. The molecule has 0 fully saturated rings. The van der Waals surface area contributed by atoms with Gasteiger partial charge in [-0.3, -0.25) is 4.79 Å². The molecule has 11 heteroatoms. The molecule has 1 amide bonds. The molecular formula is C19H20ClF3N2O4S. The van der Waals surface area contributed by atoms with Crippen LogP contribution in [-0.2, 0) is 21.0 Å². The molecular weight excluding hydrogens is 445 g/mol. The number of carbonyl (C=O) groups is 1. The van der Waals surface area contributed by atoms with Gasteiger partial charge in [-0.25, -0.2) is 8.42 Å². The van der Waals surface area contributed by atoms with Gasteiger partial charge in [0.15, 0.2) is 0 Å². The van der Waals surface area contributed by atoms with Gasteiger partial charge in [-0.2, -0.15) is 17.5 Å². The van der Waals surface area contributed by atoms with E-state index in [0.717, 1.165) is 28.6 Å². The van der Waals surface area contributed by atoms with Crippen LogP contribution in [0.3, 0.4) is 0 Å². The number of rotatable bonds is 8. The molecule has 0 aromatic heterocycles. The number of ether oxygens (including phenoxy) is 1. The van der Waals surface area contributed by atoms with Crippen LogP contribution in [-0.4, -0.2) is 38.3 Å². The Hall–Kier alpha value is -2.30. The van der Waals surface area contributed by atoms with Crippen molar-refractivity contribution in [3.63, 3.8) is 0 Å². The molecule has 2 aromatic carbocycles. The van der Waals surface area contributed by atoms with Crippen molar-refractivity contribution in [2.45, 2.75) is 24.9 Å². The van der Waals surface area contributed by atoms with Gasteiger partial charge < -0.3 is 10.1 Å². The van der Waals surface area contributed by atoms with E-state index in [9.17, 15) is 26.4 Å². The van der Waals surface area contributed by atoms with Crippen molar-refractivity contribution in [1.82, 2.24) is 4.31 Å². The second kappa shape index (κ2) is 9.67. The fourth-order valence-corrected chi connectivity index (χ4v) is 4.27. The monoisotopic (exact) mass is 464 g/mol. The van der Waals surface area contributed by atoms with E-state index >= 15 is 0 Å². The van der Waals surface area contributed by atoms with Crippen molar-refractivity contribution in [2.75, 3.05) is 25.0 Å². The first-order valence-electron chi connectivity index (χ1n) is 8.88. The standard InChI is InChI=1S/C19H20ClF3N2O4S/c1-3-25(30(27,28)15-9-10-17(29-4-2)16(20)11-15)12-18(26)24-14-7-5-13(6-8-14)19(21,22)23/h5-11H,3-4,12H2,1-2H3,(H,24,26). The lowest BCUT2D eigenvalue weighted by Gasteiger charge is -2.20. The van der Waals surface area contributed by atoms with Crippen LogP contribution in [0, 0.1) is 0 Å². The van der Waals surface area contributed by atoms with Crippen molar-refractivity contribution in [3.05, 3.63) is 53.1 Å². The molecule has 30 heavy (non-hydrogen) atoms. The Morgan fingerprint density at radius 1 is 1.13 bits per heavy atom. The van der Waals surface area contributed by atoms with E-state index < -0.39 is 34.2 Å². The maximum atomic E-state index is 12.8. The molecule has 2 rings (SSSR count). The normalized spacial score (nSPS) is 12.1. The van der Waals surface area contributed by atoms with E-state index in [1.807, 2.05) is 0 Å². The fraction of sp³-hybridized carbons (Fsp3) is 0.316. The predicted molar refractivity (Wildman–Crippen MR) is 107 cm³/mol. The van der Waals surface area contributed by atoms with Crippen molar-refractivity contribution >= 4 is 33.2 Å². The van der Waals surface area contributed by atoms with E-state index in [2.05, 4.69) is 5.32 Å². The second-order valence-electron chi connectivity index (χ2n) is 6.08. The van der Waals surface area contributed by atoms with Crippen LogP contribution in [0.25, 0.3) is 0 Å². The van der Waals surface area contributed by atoms with Crippen LogP contribution in [0.2, 0.25) is 5.02 Å². The molecule has 0 aliphatic carbocycles. The number of sulfonamides is 1. The first kappa shape index (κ1) is 24.0. The Balaban J connectivity index is 2.13. The molecule has 164 valence electrons. The maximum absolute atomic E-state index is 12.8. The first-order valence-corrected chi connectivity index (χ1v) is 10.7. The second-order valence-corrected chi connectivity index (χ2v) is 8.42. The number of anilines is 1. The minimum absolute atomic E-state index is 0.00635. The van der Waals surface area contributed by atoms with Crippen LogP contribution >= 0.6 is 11.6 Å². The highest BCUT2D eigenvalue weighted by atomic mass is 35.5. The van der Waals surface area contributed by atoms with Gasteiger partial charge in [-0.05, 0) is 49.4 Å². The molecule has 0 saturated heterocycles. The van der Waals surface area contributed by atoms with Crippen LogP contribution in [0.4, 0.5) is 18.9 Å². The Kier molecular flexibility index (Phi) is 7.73. The Morgan fingerprint density at radius 3 is 2.27 bits per heavy atom. The number of hydrogen-bond acceptors (Lipinski definition) is 4. The third kappa shape index (κ3) is 5.87. The van der Waals surface area contributed by atoms with Crippen molar-refractivity contribution in [1.29, 1.82) is 0 Å². The maximum Gasteiger partial charge on any atom is 0.416 e. The summed E-state index contributed by atoms with van der Waals surface area (Å²) in [6, 6.07) is 7.82. The van der Waals surface area contributed by atoms with Crippen molar-refractivity contribution in [2.24, 2.45) is 0 Å². The highest BCUT2D eigenvalue weighted by molar-refractivity contribution is 7.89. The van der Waals surface area contributed by atoms with Gasteiger partial charge in [0.05, 0.1) is 28.6 Å². The van der Waals surface area contributed by atoms with Gasteiger partial charge in [-0.1, -0.05) is 18.5 Å². The van der Waals surface area contributed by atoms with E-state index in [-0.39, 0.29) is 22.2 Å². The molecule has 0 bridgehead atoms. The topological polar surface area (TPSA) is 75.7 Å². The van der Waals surface area contributed by atoms with E-state index in [1.165, 1.54) is 18.2 Å². The van der Waals surface area contributed by atoms with Gasteiger partial charge in [0.1, 0.15) is 5.75 Å². The lowest BCUT2D eigenvalue weighted by atomic mass is 10.2. The average molecular weight is 465 g/mol. The molecule has 2 aromatic rings. The van der Waals surface area contributed by atoms with Gasteiger partial charge >= 0.3 is 6.18 Å². The number of benzene rings is 2. The molecule has 0 heterocycles. The minimum atomic E-state index is -4.49. The molecule has 0 saturated carbocycles. The zero-order chi connectivity index (χ0) is 22.5. The minimum Gasteiger partial charge on any atom is -0.492 e. The SMILES string of the molecule is CCOc1ccc(S(=O)(=O)N(CC)CC(=O)Nc2ccc(C(F)(F)F)cc2)cc1Cl. The number of halogens is 4. The number of hydrogen-bond donors (Lipinski definition) is 1. The summed E-state index contributed by atoms with van der Waals surface area (Å²) in [5, 5.41) is 2.50. The van der Waals surface area contributed by atoms with E-state index in [4.69, 9.17) is 16.3 Å². The highest BCUT2D eigenvalue weighted by Crippen LogP contribution is 2.30. The first-order chi connectivity index (χ1) is 14.0. The van der Waals surface area contributed by atoms with Crippen LogP contribution in [0.15, 0.2) is 47.4 Å². The molecule has 0 radical (unpaired) electrons. The Labute approximate surface area is 177 Å². The number of carbonyl (C=O) groups excluding carboxylic acids is 1. The molecule has 0 aliphatic heterocycles. The van der Waals surface area contributed by atoms with Gasteiger partial charge in [0.2, 0.25) is 15.9 Å². The average Bonchev–Trinajstić information content (AvgIpc) is 2.67. The molecule has 0 spiro atoms. The third-order valence-electron chi connectivity index (χ3n) is 4.01. The summed E-state index contributed by atoms with van der Waals surface area (Å²) < 4.78 is 69.7. The molecule has 0 unspecified atom stereocenters. The molecule has 1 N–H and O–H groups in total. The van der Waals surface area contributed by atoms with Gasteiger partial charge in [0, 0.05) is 12.2 Å². The summed E-state index contributed by atoms with van der Waals surface area (Å²) in [7, 11) is -4.04. The summed E-state index contributed by atoms with van der Waals surface area (Å²) in [6.45, 7) is 3.14. The Bertz CT molecular complexity index is 996. The summed E-state index contributed by atoms with van der Waals surface area (Å²) in [4.78, 5) is 12.2. The fourth-order valence-electron chi connectivity index (χ4n) is 2.53. The smallest absolute Gasteiger partial charge is 0.416 e. The summed E-state index contributed by atoms with van der Waals surface area (Å²) >= 11 is 6.05. The van der Waals surface area contributed by atoms with Crippen molar-refractivity contribution < 1.29 is 31.1 Å². The molecule has 0 aliphatic rings. The zero-order valence-electron chi connectivity index (χ0n) is 16.2. The number of alkyl halides is 3. The van der Waals surface area contributed by atoms with Crippen molar-refractivity contribution in [3.8, 4) is 5.75 Å². The summed E-state index contributed by atoms with van der Waals surface area (Å²) in [5.74, 6) is -0.363. The third-order valence-corrected chi connectivity index (χ3v) is 6.22. The number of nitrogens with one attached hydrogen (secondary N) is 1. The molecule has 0 atom stereocenters. The van der Waals surface area contributed by atoms with E-state index in [1.54, 1.807) is 13.8 Å². The van der Waals surface area contributed by atoms with Gasteiger partial charge in [-0.15, -0.1) is 0 Å². The number of amides is 1. The zero-order valence-corrected chi connectivity index (χ0v) is 17.7. The van der Waals surface area contributed by atoms with Crippen LogP contribution < -0.4 is 10.1 Å². The van der Waals surface area contributed by atoms with Gasteiger partial charge in [0.25, 0.3) is 0 Å². The van der Waals surface area contributed by atoms with Crippen LogP contribution in [0.5, 0.6) is 5.75 Å². The lowest BCUT2D eigenvalue weighted by Crippen LogP contribution is -2.37. The number of likely N-dealkylation sites (N-methyl/N-ethyl adjacent to an activating group) is 1. The largest absolute Gasteiger partial charge is 0.492 e. The summed E-state index contributed by atoms with van der Waals surface area (Å²) in [5.41, 5.74) is -0.740. The number of nitrogens with zero attached hydrogens (tertiary/aromatic N) is 1. The van der Waals surface area contributed by atoms with E-state index in [0.29, 0.717) is 12.4 Å². The van der Waals surface area contributed by atoms with Crippen LogP contribution in [0.1, 0.15) is 19.4 Å². The lowest BCUT2D eigenvalue weighted by molar-refractivity contribution is -0.137. The predicted octanol–water partition coefficient (Wildman–Crippen LogP) is 4.41.